The molecule has 3 aliphatic rings. The molecule has 0 aliphatic carbocycles. The van der Waals surface area contributed by atoms with Gasteiger partial charge in [-0.1, -0.05) is 32.9 Å². The quantitative estimate of drug-likeness (QED) is 0.530. The van der Waals surface area contributed by atoms with Crippen molar-refractivity contribution in [3.05, 3.63) is 35.2 Å². The van der Waals surface area contributed by atoms with Crippen molar-refractivity contribution in [2.24, 2.45) is 5.41 Å². The molecule has 11 heteroatoms. The average molecular weight is 586 g/mol. The van der Waals surface area contributed by atoms with Crippen molar-refractivity contribution in [3.63, 3.8) is 0 Å². The summed E-state index contributed by atoms with van der Waals surface area (Å²) in [5.41, 5.74) is 2.10. The number of ether oxygens (including phenoxy) is 1. The second kappa shape index (κ2) is 11.8. The van der Waals surface area contributed by atoms with Crippen LogP contribution in [-0.4, -0.2) is 108 Å². The molecule has 0 spiro atoms. The van der Waals surface area contributed by atoms with Gasteiger partial charge in [0, 0.05) is 49.2 Å². The first-order chi connectivity index (χ1) is 19.0. The first-order valence-electron chi connectivity index (χ1n) is 13.8. The van der Waals surface area contributed by atoms with Crippen LogP contribution in [0.4, 0.5) is 5.13 Å². The smallest absolute Gasteiger partial charge is 0.251 e. The van der Waals surface area contributed by atoms with Crippen molar-refractivity contribution in [1.29, 1.82) is 0 Å². The van der Waals surface area contributed by atoms with Gasteiger partial charge in [-0.3, -0.25) is 14.4 Å². The van der Waals surface area contributed by atoms with E-state index < -0.39 is 12.1 Å². The van der Waals surface area contributed by atoms with Crippen LogP contribution >= 0.6 is 23.1 Å². The topological polar surface area (TPSA) is 95.1 Å². The summed E-state index contributed by atoms with van der Waals surface area (Å²) >= 11 is 3.25. The van der Waals surface area contributed by atoms with Gasteiger partial charge >= 0.3 is 0 Å². The number of likely N-dealkylation sites (tertiary alicyclic amines) is 1. The van der Waals surface area contributed by atoms with Crippen molar-refractivity contribution in [2.75, 3.05) is 57.5 Å². The summed E-state index contributed by atoms with van der Waals surface area (Å²) in [5, 5.41) is 6.11. The molecule has 2 aromatic rings. The van der Waals surface area contributed by atoms with Crippen LogP contribution in [0, 0.1) is 5.41 Å². The average Bonchev–Trinajstić information content (AvgIpc) is 3.65. The Morgan fingerprint density at radius 2 is 1.88 bits per heavy atom. The van der Waals surface area contributed by atoms with Gasteiger partial charge in [-0.05, 0) is 37.3 Å². The molecule has 0 unspecified atom stereocenters. The Hall–Kier alpha value is -2.47. The lowest BCUT2D eigenvalue weighted by atomic mass is 9.87. The predicted molar refractivity (Wildman–Crippen MR) is 160 cm³/mol. The molecule has 0 bridgehead atoms. The van der Waals surface area contributed by atoms with Crippen molar-refractivity contribution in [2.45, 2.75) is 50.6 Å². The lowest BCUT2D eigenvalue weighted by molar-refractivity contribution is -0.138. The normalized spacial score (nSPS) is 24.3. The third-order valence-electron chi connectivity index (χ3n) is 7.85. The minimum absolute atomic E-state index is 0.0364. The van der Waals surface area contributed by atoms with Gasteiger partial charge in [0.1, 0.15) is 18.7 Å². The number of piperazine rings is 1. The van der Waals surface area contributed by atoms with E-state index in [2.05, 4.69) is 27.5 Å². The van der Waals surface area contributed by atoms with Gasteiger partial charge in [0.25, 0.3) is 5.91 Å². The number of benzene rings is 1. The van der Waals surface area contributed by atoms with Crippen LogP contribution in [0.5, 0.6) is 0 Å². The van der Waals surface area contributed by atoms with E-state index in [1.165, 1.54) is 0 Å². The summed E-state index contributed by atoms with van der Waals surface area (Å²) in [7, 11) is 2.14. The molecule has 9 nitrogen and oxygen atoms in total. The maximum atomic E-state index is 13.8. The van der Waals surface area contributed by atoms with Gasteiger partial charge in [-0.15, -0.1) is 11.3 Å². The van der Waals surface area contributed by atoms with E-state index in [9.17, 15) is 14.4 Å². The van der Waals surface area contributed by atoms with Gasteiger partial charge < -0.3 is 24.8 Å². The zero-order valence-electron chi connectivity index (χ0n) is 23.9. The van der Waals surface area contributed by atoms with Gasteiger partial charge in [-0.25, -0.2) is 4.98 Å². The van der Waals surface area contributed by atoms with Crippen molar-refractivity contribution in [1.82, 2.24) is 20.1 Å². The molecular formula is C29H39N5O4S2. The van der Waals surface area contributed by atoms with E-state index in [0.29, 0.717) is 18.5 Å². The Morgan fingerprint density at radius 3 is 2.52 bits per heavy atom. The molecule has 3 aliphatic heterocycles. The highest BCUT2D eigenvalue weighted by atomic mass is 32.2. The second-order valence-corrected chi connectivity index (χ2v) is 14.0. The molecular weight excluding hydrogens is 546 g/mol. The number of nitrogens with one attached hydrogen (secondary N) is 1. The summed E-state index contributed by atoms with van der Waals surface area (Å²) < 4.78 is 5.73. The molecule has 3 saturated heterocycles. The fourth-order valence-corrected chi connectivity index (χ4v) is 7.33. The number of carbonyl (C=O) groups excluding carboxylic acids is 3. The summed E-state index contributed by atoms with van der Waals surface area (Å²) in [5.74, 6) is -0.593. The maximum absolute atomic E-state index is 13.8. The number of amides is 2. The molecule has 3 fully saturated rings. The highest BCUT2D eigenvalue weighted by Crippen LogP contribution is 2.35. The number of anilines is 1. The number of thioether (sulfide) groups is 1. The number of thiazole rings is 1. The third-order valence-corrected chi connectivity index (χ3v) is 9.78. The number of hydrogen-bond donors (Lipinski definition) is 1. The minimum atomic E-state index is -0.744. The van der Waals surface area contributed by atoms with Gasteiger partial charge in [-0.2, -0.15) is 11.8 Å². The fraction of sp³-hybridized carbons (Fsp3) is 0.586. The molecule has 40 heavy (non-hydrogen) atoms. The number of ketones is 1. The van der Waals surface area contributed by atoms with Gasteiger partial charge in [0.05, 0.1) is 17.0 Å². The van der Waals surface area contributed by atoms with Crippen LogP contribution in [0.25, 0.3) is 11.3 Å². The highest BCUT2D eigenvalue weighted by Gasteiger charge is 2.53. The molecule has 4 atom stereocenters. The number of hydrogen-bond acceptors (Lipinski definition) is 9. The first-order valence-corrected chi connectivity index (χ1v) is 16.0. The third kappa shape index (κ3) is 6.22. The number of aromatic nitrogens is 1. The van der Waals surface area contributed by atoms with E-state index in [0.717, 1.165) is 42.6 Å². The Kier molecular flexibility index (Phi) is 8.56. The Balaban J connectivity index is 1.28. The standard InChI is InChI=1S/C29H39N5O4S2/c1-29(2,3)14-20(27(37)34-15-23(39-5)25-24(34)22(35)16-38-25)30-26(36)19-8-6-18(7-9-19)21-17-40-28(31-21)33-12-10-32(4)11-13-33/h6-9,17,20,23-25H,10-16H2,1-5H3,(H,30,36)/t20-,23-,24+,25+/m0/s1. The van der Waals surface area contributed by atoms with Gasteiger partial charge in [0.2, 0.25) is 5.91 Å². The molecule has 216 valence electrons. The van der Waals surface area contributed by atoms with Crippen LogP contribution < -0.4 is 10.2 Å². The Labute approximate surface area is 244 Å². The lowest BCUT2D eigenvalue weighted by Gasteiger charge is -2.32. The summed E-state index contributed by atoms with van der Waals surface area (Å²) in [4.78, 5) is 50.9. The van der Waals surface area contributed by atoms with Crippen LogP contribution in [0.1, 0.15) is 37.6 Å². The number of Topliss-reactive ketones (excluding diaryl/α,β-unsaturated/α-hetero) is 1. The Bertz CT molecular complexity index is 1240. The van der Waals surface area contributed by atoms with Gasteiger partial charge in [0.15, 0.2) is 10.9 Å². The monoisotopic (exact) mass is 585 g/mol. The molecule has 0 radical (unpaired) electrons. The second-order valence-electron chi connectivity index (χ2n) is 12.1. The number of carbonyl (C=O) groups is 3. The van der Waals surface area contributed by atoms with E-state index in [1.807, 2.05) is 39.2 Å². The summed E-state index contributed by atoms with van der Waals surface area (Å²) in [6, 6.07) is 6.05. The molecule has 5 rings (SSSR count). The number of fused-ring (bicyclic) bond motifs is 1. The number of rotatable bonds is 7. The van der Waals surface area contributed by atoms with Crippen LogP contribution in [0.3, 0.4) is 0 Å². The van der Waals surface area contributed by atoms with Crippen LogP contribution in [-0.2, 0) is 14.3 Å². The van der Waals surface area contributed by atoms with E-state index in [4.69, 9.17) is 9.72 Å². The van der Waals surface area contributed by atoms with Crippen LogP contribution in [0.15, 0.2) is 29.6 Å². The number of nitrogens with zero attached hydrogens (tertiary/aromatic N) is 4. The van der Waals surface area contributed by atoms with Crippen molar-refractivity contribution in [3.8, 4) is 11.3 Å². The molecule has 1 aromatic carbocycles. The summed E-state index contributed by atoms with van der Waals surface area (Å²) in [6.07, 6.45) is 2.14. The molecule has 0 saturated carbocycles. The maximum Gasteiger partial charge on any atom is 0.251 e. The van der Waals surface area contributed by atoms with Crippen molar-refractivity contribution >= 4 is 45.8 Å². The SMILES string of the molecule is CS[C@H]1CN(C(=O)[C@H](CC(C)(C)C)NC(=O)c2ccc(-c3csc(N4CCN(C)CC4)n3)cc2)[C@@H]2C(=O)CO[C@H]12. The highest BCUT2D eigenvalue weighted by molar-refractivity contribution is 7.99. The first kappa shape index (κ1) is 29.0. The van der Waals surface area contributed by atoms with E-state index >= 15 is 0 Å². The predicted octanol–water partition coefficient (Wildman–Crippen LogP) is 3.01. The summed E-state index contributed by atoms with van der Waals surface area (Å²) in [6.45, 7) is 10.6. The molecule has 4 heterocycles. The minimum Gasteiger partial charge on any atom is -0.367 e. The number of likely N-dealkylation sites (N-methyl/N-ethyl adjacent to an activating group) is 1. The molecule has 1 N–H and O–H groups in total. The molecule has 2 amide bonds. The van der Waals surface area contributed by atoms with Crippen molar-refractivity contribution < 1.29 is 19.1 Å². The van der Waals surface area contributed by atoms with E-state index in [1.54, 1.807) is 40.1 Å². The largest absolute Gasteiger partial charge is 0.367 e. The molecule has 1 aromatic heterocycles. The van der Waals surface area contributed by atoms with Crippen LogP contribution in [0.2, 0.25) is 0 Å². The Morgan fingerprint density at radius 1 is 1.18 bits per heavy atom. The van der Waals surface area contributed by atoms with E-state index in [-0.39, 0.29) is 41.0 Å². The lowest BCUT2D eigenvalue weighted by Crippen LogP contribution is -2.53. The fourth-order valence-electron chi connectivity index (χ4n) is 5.63. The zero-order chi connectivity index (χ0) is 28.6. The zero-order valence-corrected chi connectivity index (χ0v) is 25.5.